The van der Waals surface area contributed by atoms with Crippen LogP contribution in [0.3, 0.4) is 0 Å². The normalized spacial score (nSPS) is 24.7. The molecule has 4 rings (SSSR count). The van der Waals surface area contributed by atoms with Gasteiger partial charge in [-0.3, -0.25) is 4.79 Å². The van der Waals surface area contributed by atoms with Crippen LogP contribution in [0.4, 0.5) is 5.69 Å². The Labute approximate surface area is 211 Å². The summed E-state index contributed by atoms with van der Waals surface area (Å²) in [5, 5.41) is 20.9. The first-order chi connectivity index (χ1) is 17.2. The lowest BCUT2D eigenvalue weighted by molar-refractivity contribution is -0.135. The number of ether oxygens (including phenoxy) is 2. The predicted octanol–water partition coefficient (Wildman–Crippen LogP) is 0.510. The van der Waals surface area contributed by atoms with E-state index in [1.54, 1.807) is 24.1 Å². The average Bonchev–Trinajstić information content (AvgIpc) is 3.15. The number of hydrogen-bond acceptors (Lipinski definition) is 8. The fourth-order valence-corrected chi connectivity index (χ4v) is 5.59. The highest BCUT2D eigenvalue weighted by molar-refractivity contribution is 7.89. The molecule has 2 aliphatic rings. The molecule has 10 nitrogen and oxygen atoms in total. The molecule has 0 saturated carbocycles. The zero-order chi connectivity index (χ0) is 25.9. The summed E-state index contributed by atoms with van der Waals surface area (Å²) < 4.78 is 38.6. The van der Waals surface area contributed by atoms with Gasteiger partial charge in [-0.2, -0.15) is 0 Å². The van der Waals surface area contributed by atoms with Gasteiger partial charge in [-0.1, -0.05) is 29.8 Å². The second-order valence-corrected chi connectivity index (χ2v) is 10.9. The van der Waals surface area contributed by atoms with Crippen molar-refractivity contribution in [2.24, 2.45) is 0 Å². The summed E-state index contributed by atoms with van der Waals surface area (Å²) in [6, 6.07) is 14.1. The number of amides is 1. The molecule has 0 aromatic heterocycles. The Morgan fingerprint density at radius 1 is 1.03 bits per heavy atom. The van der Waals surface area contributed by atoms with Crippen LogP contribution < -0.4 is 14.4 Å². The number of para-hydroxylation sites is 2. The van der Waals surface area contributed by atoms with Gasteiger partial charge in [0.15, 0.2) is 0 Å². The summed E-state index contributed by atoms with van der Waals surface area (Å²) in [5.41, 5.74) is 1.90. The van der Waals surface area contributed by atoms with E-state index in [9.17, 15) is 23.4 Å². The lowest BCUT2D eigenvalue weighted by Gasteiger charge is -2.37. The molecular formula is C25H33N3O7S. The highest BCUT2D eigenvalue weighted by Gasteiger charge is 2.44. The largest absolute Gasteiger partial charge is 0.495 e. The van der Waals surface area contributed by atoms with Gasteiger partial charge in [-0.15, -0.1) is 0 Å². The van der Waals surface area contributed by atoms with E-state index in [4.69, 9.17) is 9.47 Å². The van der Waals surface area contributed by atoms with Gasteiger partial charge in [0, 0.05) is 32.7 Å². The second-order valence-electron chi connectivity index (χ2n) is 9.10. The quantitative estimate of drug-likeness (QED) is 0.460. The monoisotopic (exact) mass is 519 g/mol. The van der Waals surface area contributed by atoms with Crippen molar-refractivity contribution >= 4 is 21.6 Å². The second kappa shape index (κ2) is 11.1. The van der Waals surface area contributed by atoms with Crippen molar-refractivity contribution < 1.29 is 32.9 Å². The number of benzene rings is 2. The molecule has 2 aromatic carbocycles. The number of aliphatic hydroxyl groups is 2. The van der Waals surface area contributed by atoms with Crippen molar-refractivity contribution in [2.45, 2.75) is 42.7 Å². The first-order valence-electron chi connectivity index (χ1n) is 11.9. The maximum atomic E-state index is 12.9. The van der Waals surface area contributed by atoms with E-state index in [2.05, 4.69) is 9.62 Å². The summed E-state index contributed by atoms with van der Waals surface area (Å²) in [7, 11) is -2.18. The van der Waals surface area contributed by atoms with Crippen LogP contribution in [0.5, 0.6) is 5.75 Å². The minimum absolute atomic E-state index is 0.0973. The number of carbonyl (C=O) groups excluding carboxylic acids is 1. The van der Waals surface area contributed by atoms with E-state index >= 15 is 0 Å². The highest BCUT2D eigenvalue weighted by Crippen LogP contribution is 2.29. The molecule has 0 spiro atoms. The Morgan fingerprint density at radius 3 is 2.33 bits per heavy atom. The summed E-state index contributed by atoms with van der Waals surface area (Å²) in [6.45, 7) is 3.90. The van der Waals surface area contributed by atoms with Crippen molar-refractivity contribution in [1.29, 1.82) is 0 Å². The first-order valence-corrected chi connectivity index (χ1v) is 13.4. The number of anilines is 1. The van der Waals surface area contributed by atoms with Crippen LogP contribution in [0.15, 0.2) is 53.4 Å². The number of piperazine rings is 1. The molecule has 36 heavy (non-hydrogen) atoms. The van der Waals surface area contributed by atoms with E-state index in [0.29, 0.717) is 26.2 Å². The van der Waals surface area contributed by atoms with Crippen molar-refractivity contribution in [3.05, 3.63) is 54.1 Å². The van der Waals surface area contributed by atoms with Crippen LogP contribution in [0.1, 0.15) is 12.0 Å². The van der Waals surface area contributed by atoms with Crippen LogP contribution in [0, 0.1) is 6.92 Å². The van der Waals surface area contributed by atoms with E-state index in [1.807, 2.05) is 31.2 Å². The number of nitrogens with zero attached hydrogens (tertiary/aromatic N) is 2. The van der Waals surface area contributed by atoms with E-state index < -0.39 is 34.4 Å². The third kappa shape index (κ3) is 5.81. The molecule has 11 heteroatoms. The molecule has 2 fully saturated rings. The van der Waals surface area contributed by atoms with Crippen LogP contribution in [0.2, 0.25) is 0 Å². The van der Waals surface area contributed by atoms with E-state index in [1.165, 1.54) is 12.1 Å². The Kier molecular flexibility index (Phi) is 8.16. The maximum absolute atomic E-state index is 12.9. The molecule has 2 aliphatic heterocycles. The predicted molar refractivity (Wildman–Crippen MR) is 133 cm³/mol. The van der Waals surface area contributed by atoms with E-state index in [0.717, 1.165) is 17.0 Å². The van der Waals surface area contributed by atoms with Crippen LogP contribution >= 0.6 is 0 Å². The minimum atomic E-state index is -3.81. The molecule has 2 saturated heterocycles. The number of hydrogen-bond donors (Lipinski definition) is 3. The molecule has 2 aromatic rings. The van der Waals surface area contributed by atoms with E-state index in [-0.39, 0.29) is 23.8 Å². The molecule has 0 unspecified atom stereocenters. The van der Waals surface area contributed by atoms with Crippen LogP contribution in [-0.4, -0.2) is 93.7 Å². The summed E-state index contributed by atoms with van der Waals surface area (Å²) in [5.74, 6) is 0.588. The summed E-state index contributed by atoms with van der Waals surface area (Å²) >= 11 is 0. The smallest absolute Gasteiger partial charge is 0.240 e. The number of methoxy groups -OCH3 is 1. The maximum Gasteiger partial charge on any atom is 0.240 e. The average molecular weight is 520 g/mol. The standard InChI is InChI=1S/C25H33N3O7S/c1-17-7-9-18(10-8-17)36(32,33)26-16-22-25(31)24(30)21(35-22)15-23(29)28-13-11-27(12-14-28)19-5-3-4-6-20(19)34-2/h3-10,21-22,24-26,30-31H,11-16H2,1-2H3/t21-,22-,24-,25+/m0/s1. The number of carbonyl (C=O) groups is 1. The molecule has 2 heterocycles. The Balaban J connectivity index is 1.29. The topological polar surface area (TPSA) is 129 Å². The molecule has 1 amide bonds. The highest BCUT2D eigenvalue weighted by atomic mass is 32.2. The first kappa shape index (κ1) is 26.4. The summed E-state index contributed by atoms with van der Waals surface area (Å²) in [6.07, 6.45) is -4.61. The Morgan fingerprint density at radius 2 is 1.67 bits per heavy atom. The van der Waals surface area contributed by atoms with Gasteiger partial charge in [0.2, 0.25) is 15.9 Å². The molecule has 0 radical (unpaired) electrons. The third-order valence-electron chi connectivity index (χ3n) is 6.70. The molecular weight excluding hydrogens is 486 g/mol. The third-order valence-corrected chi connectivity index (χ3v) is 8.14. The number of aryl methyl sites for hydroxylation is 1. The lowest BCUT2D eigenvalue weighted by atomic mass is 10.0. The van der Waals surface area contributed by atoms with Gasteiger partial charge in [-0.05, 0) is 31.2 Å². The molecule has 4 atom stereocenters. The number of rotatable bonds is 8. The van der Waals surface area contributed by atoms with Gasteiger partial charge < -0.3 is 29.5 Å². The fraction of sp³-hybridized carbons (Fsp3) is 0.480. The Hall–Kier alpha value is -2.70. The molecule has 3 N–H and O–H groups in total. The fourth-order valence-electron chi connectivity index (χ4n) is 4.54. The molecule has 0 bridgehead atoms. The van der Waals surface area contributed by atoms with Gasteiger partial charge in [0.1, 0.15) is 24.1 Å². The van der Waals surface area contributed by atoms with Crippen LogP contribution in [-0.2, 0) is 19.6 Å². The van der Waals surface area contributed by atoms with Gasteiger partial charge in [0.05, 0.1) is 30.2 Å². The number of aliphatic hydroxyl groups excluding tert-OH is 2. The van der Waals surface area contributed by atoms with Crippen molar-refractivity contribution in [1.82, 2.24) is 9.62 Å². The van der Waals surface area contributed by atoms with Gasteiger partial charge >= 0.3 is 0 Å². The van der Waals surface area contributed by atoms with Crippen molar-refractivity contribution in [2.75, 3.05) is 44.7 Å². The SMILES string of the molecule is COc1ccccc1N1CCN(C(=O)C[C@@H]2O[C@@H](CNS(=O)(=O)c3ccc(C)cc3)[C@@H](O)[C@H]2O)CC1. The summed E-state index contributed by atoms with van der Waals surface area (Å²) in [4.78, 5) is 16.9. The van der Waals surface area contributed by atoms with Gasteiger partial charge in [0.25, 0.3) is 0 Å². The van der Waals surface area contributed by atoms with Crippen molar-refractivity contribution in [3.8, 4) is 5.75 Å². The zero-order valence-corrected chi connectivity index (χ0v) is 21.2. The van der Waals surface area contributed by atoms with Gasteiger partial charge in [-0.25, -0.2) is 13.1 Å². The molecule has 0 aliphatic carbocycles. The van der Waals surface area contributed by atoms with Crippen molar-refractivity contribution in [3.63, 3.8) is 0 Å². The minimum Gasteiger partial charge on any atom is -0.495 e. The molecule has 196 valence electrons. The number of sulfonamides is 1. The lowest BCUT2D eigenvalue weighted by Crippen LogP contribution is -2.50. The zero-order valence-electron chi connectivity index (χ0n) is 20.4. The van der Waals surface area contributed by atoms with Crippen LogP contribution in [0.25, 0.3) is 0 Å². The Bertz CT molecular complexity index is 1150. The number of nitrogens with one attached hydrogen (secondary N) is 1.